The van der Waals surface area contributed by atoms with Gasteiger partial charge in [-0.15, -0.1) is 0 Å². The van der Waals surface area contributed by atoms with Crippen LogP contribution in [0.2, 0.25) is 5.02 Å². The standard InChI is InChI=1S/C18H20ClN3O3/c1-2-25-18(24)13-4-3-9-22(11-13)17(23)16-10-15(20-21-16)12-5-7-14(19)8-6-12/h5-8,10,13H,2-4,9,11H2,1H3,(H,20,21). The number of piperidine rings is 1. The number of halogens is 1. The fraction of sp³-hybridized carbons (Fsp3) is 0.389. The molecular formula is C18H20ClN3O3. The topological polar surface area (TPSA) is 75.3 Å². The van der Waals surface area contributed by atoms with Crippen molar-refractivity contribution in [3.8, 4) is 11.3 Å². The second kappa shape index (κ2) is 7.70. The first kappa shape index (κ1) is 17.5. The molecule has 7 heteroatoms. The van der Waals surface area contributed by atoms with Crippen molar-refractivity contribution in [2.45, 2.75) is 19.8 Å². The van der Waals surface area contributed by atoms with Crippen LogP contribution in [0.5, 0.6) is 0 Å². The molecule has 132 valence electrons. The summed E-state index contributed by atoms with van der Waals surface area (Å²) < 4.78 is 5.08. The zero-order valence-corrected chi connectivity index (χ0v) is 14.8. The van der Waals surface area contributed by atoms with Crippen molar-refractivity contribution >= 4 is 23.5 Å². The van der Waals surface area contributed by atoms with Crippen LogP contribution in [0.25, 0.3) is 11.3 Å². The van der Waals surface area contributed by atoms with Crippen LogP contribution in [0.1, 0.15) is 30.3 Å². The van der Waals surface area contributed by atoms with E-state index in [1.54, 1.807) is 30.0 Å². The molecule has 1 fully saturated rings. The summed E-state index contributed by atoms with van der Waals surface area (Å²) in [6.07, 6.45) is 1.54. The van der Waals surface area contributed by atoms with Gasteiger partial charge in [-0.1, -0.05) is 23.7 Å². The number of benzene rings is 1. The van der Waals surface area contributed by atoms with Gasteiger partial charge in [0.2, 0.25) is 0 Å². The summed E-state index contributed by atoms with van der Waals surface area (Å²) in [6, 6.07) is 8.98. The molecular weight excluding hydrogens is 342 g/mol. The Hall–Kier alpha value is -2.34. The molecule has 0 radical (unpaired) electrons. The molecule has 0 saturated carbocycles. The molecule has 1 saturated heterocycles. The number of nitrogens with one attached hydrogen (secondary N) is 1. The minimum Gasteiger partial charge on any atom is -0.466 e. The average molecular weight is 362 g/mol. The van der Waals surface area contributed by atoms with Crippen LogP contribution in [0.15, 0.2) is 30.3 Å². The van der Waals surface area contributed by atoms with Gasteiger partial charge in [0.25, 0.3) is 5.91 Å². The Balaban J connectivity index is 1.70. The van der Waals surface area contributed by atoms with Crippen molar-refractivity contribution in [1.29, 1.82) is 0 Å². The Kier molecular flexibility index (Phi) is 5.38. The van der Waals surface area contributed by atoms with Gasteiger partial charge < -0.3 is 9.64 Å². The zero-order chi connectivity index (χ0) is 17.8. The summed E-state index contributed by atoms with van der Waals surface area (Å²) in [5.74, 6) is -0.635. The third-order valence-electron chi connectivity index (χ3n) is 4.28. The van der Waals surface area contributed by atoms with Crippen LogP contribution in [0, 0.1) is 5.92 Å². The molecule has 1 amide bonds. The maximum Gasteiger partial charge on any atom is 0.310 e. The number of hydrogen-bond donors (Lipinski definition) is 1. The van der Waals surface area contributed by atoms with Crippen LogP contribution < -0.4 is 0 Å². The molecule has 2 heterocycles. The van der Waals surface area contributed by atoms with Gasteiger partial charge in [0.1, 0.15) is 5.69 Å². The van der Waals surface area contributed by atoms with Gasteiger partial charge in [-0.25, -0.2) is 0 Å². The molecule has 2 aromatic rings. The quantitative estimate of drug-likeness (QED) is 0.849. The van der Waals surface area contributed by atoms with E-state index in [4.69, 9.17) is 16.3 Å². The second-order valence-electron chi connectivity index (χ2n) is 6.02. The lowest BCUT2D eigenvalue weighted by atomic mass is 9.98. The van der Waals surface area contributed by atoms with Crippen LogP contribution >= 0.6 is 11.6 Å². The second-order valence-corrected chi connectivity index (χ2v) is 6.45. The van der Waals surface area contributed by atoms with Gasteiger partial charge in [-0.2, -0.15) is 5.10 Å². The van der Waals surface area contributed by atoms with Crippen molar-refractivity contribution in [1.82, 2.24) is 15.1 Å². The number of H-pyrrole nitrogens is 1. The van der Waals surface area contributed by atoms with E-state index in [0.717, 1.165) is 18.4 Å². The fourth-order valence-corrected chi connectivity index (χ4v) is 3.11. The summed E-state index contributed by atoms with van der Waals surface area (Å²) in [6.45, 7) is 3.15. The Labute approximate surface area is 151 Å². The summed E-state index contributed by atoms with van der Waals surface area (Å²) in [4.78, 5) is 26.3. The van der Waals surface area contributed by atoms with Gasteiger partial charge in [-0.3, -0.25) is 14.7 Å². The molecule has 6 nitrogen and oxygen atoms in total. The first-order valence-corrected chi connectivity index (χ1v) is 8.73. The van der Waals surface area contributed by atoms with Gasteiger partial charge in [0, 0.05) is 23.7 Å². The average Bonchev–Trinajstić information content (AvgIpc) is 3.12. The van der Waals surface area contributed by atoms with E-state index in [-0.39, 0.29) is 17.8 Å². The predicted octanol–water partition coefficient (Wildman–Crippen LogP) is 3.15. The van der Waals surface area contributed by atoms with Crippen LogP contribution in [0.3, 0.4) is 0 Å². The van der Waals surface area contributed by atoms with E-state index >= 15 is 0 Å². The van der Waals surface area contributed by atoms with Gasteiger partial charge in [-0.05, 0) is 38.0 Å². The van der Waals surface area contributed by atoms with E-state index in [1.807, 2.05) is 12.1 Å². The molecule has 1 aromatic carbocycles. The highest BCUT2D eigenvalue weighted by Gasteiger charge is 2.30. The number of likely N-dealkylation sites (tertiary alicyclic amines) is 1. The van der Waals surface area contributed by atoms with Crippen molar-refractivity contribution in [2.24, 2.45) is 5.92 Å². The number of hydrogen-bond acceptors (Lipinski definition) is 4. The molecule has 1 aliphatic heterocycles. The molecule has 0 bridgehead atoms. The van der Waals surface area contributed by atoms with Crippen LogP contribution in [-0.2, 0) is 9.53 Å². The van der Waals surface area contributed by atoms with Gasteiger partial charge in [0.15, 0.2) is 0 Å². The molecule has 25 heavy (non-hydrogen) atoms. The number of carbonyl (C=O) groups is 2. The first-order valence-electron chi connectivity index (χ1n) is 8.35. The Morgan fingerprint density at radius 1 is 1.36 bits per heavy atom. The first-order chi connectivity index (χ1) is 12.1. The number of aromatic amines is 1. The molecule has 1 aromatic heterocycles. The molecule has 1 N–H and O–H groups in total. The lowest BCUT2D eigenvalue weighted by Gasteiger charge is -2.31. The normalized spacial score (nSPS) is 17.4. The van der Waals surface area contributed by atoms with Crippen LogP contribution in [-0.4, -0.2) is 46.7 Å². The highest BCUT2D eigenvalue weighted by atomic mass is 35.5. The summed E-state index contributed by atoms with van der Waals surface area (Å²) in [5.41, 5.74) is 1.97. The molecule has 3 rings (SSSR count). The third kappa shape index (κ3) is 4.02. The summed E-state index contributed by atoms with van der Waals surface area (Å²) in [5, 5.41) is 7.65. The Morgan fingerprint density at radius 2 is 2.12 bits per heavy atom. The van der Waals surface area contributed by atoms with Crippen molar-refractivity contribution in [3.05, 3.63) is 41.0 Å². The number of carbonyl (C=O) groups excluding carboxylic acids is 2. The third-order valence-corrected chi connectivity index (χ3v) is 4.53. The van der Waals surface area contributed by atoms with E-state index in [2.05, 4.69) is 10.2 Å². The predicted molar refractivity (Wildman–Crippen MR) is 94.3 cm³/mol. The molecule has 0 aliphatic carbocycles. The SMILES string of the molecule is CCOC(=O)C1CCCN(C(=O)c2cc(-c3ccc(Cl)cc3)n[nH]2)C1. The number of esters is 1. The highest BCUT2D eigenvalue weighted by Crippen LogP contribution is 2.23. The van der Waals surface area contributed by atoms with E-state index in [9.17, 15) is 9.59 Å². The Bertz CT molecular complexity index is 757. The van der Waals surface area contributed by atoms with Crippen molar-refractivity contribution in [3.63, 3.8) is 0 Å². The number of ether oxygens (including phenoxy) is 1. The summed E-state index contributed by atoms with van der Waals surface area (Å²) in [7, 11) is 0. The summed E-state index contributed by atoms with van der Waals surface area (Å²) >= 11 is 5.89. The van der Waals surface area contributed by atoms with Crippen molar-refractivity contribution < 1.29 is 14.3 Å². The van der Waals surface area contributed by atoms with E-state index in [1.165, 1.54) is 0 Å². The molecule has 1 atom stereocenters. The number of amides is 1. The van der Waals surface area contributed by atoms with E-state index in [0.29, 0.717) is 36.1 Å². The van der Waals surface area contributed by atoms with E-state index < -0.39 is 0 Å². The molecule has 0 spiro atoms. The van der Waals surface area contributed by atoms with Crippen molar-refractivity contribution in [2.75, 3.05) is 19.7 Å². The highest BCUT2D eigenvalue weighted by molar-refractivity contribution is 6.30. The molecule has 1 aliphatic rings. The van der Waals surface area contributed by atoms with Gasteiger partial charge >= 0.3 is 5.97 Å². The monoisotopic (exact) mass is 361 g/mol. The fourth-order valence-electron chi connectivity index (χ4n) is 2.98. The smallest absolute Gasteiger partial charge is 0.310 e. The number of aromatic nitrogens is 2. The lowest BCUT2D eigenvalue weighted by Crippen LogP contribution is -2.43. The minimum atomic E-state index is -0.253. The largest absolute Gasteiger partial charge is 0.466 e. The maximum atomic E-state index is 12.7. The molecule has 1 unspecified atom stereocenters. The maximum absolute atomic E-state index is 12.7. The minimum absolute atomic E-state index is 0.151. The zero-order valence-electron chi connectivity index (χ0n) is 14.0. The lowest BCUT2D eigenvalue weighted by molar-refractivity contribution is -0.149. The number of nitrogens with zero attached hydrogens (tertiary/aromatic N) is 2. The van der Waals surface area contributed by atoms with Gasteiger partial charge in [0.05, 0.1) is 18.2 Å². The number of rotatable bonds is 4. The van der Waals surface area contributed by atoms with Crippen LogP contribution in [0.4, 0.5) is 0 Å². The Morgan fingerprint density at radius 3 is 2.84 bits per heavy atom.